The van der Waals surface area contributed by atoms with Gasteiger partial charge in [-0.15, -0.1) is 0 Å². The van der Waals surface area contributed by atoms with Gasteiger partial charge in [-0.1, -0.05) is 6.07 Å². The summed E-state index contributed by atoms with van der Waals surface area (Å²) in [5, 5.41) is 9.48. The van der Waals surface area contributed by atoms with Gasteiger partial charge in [-0.25, -0.2) is 13.6 Å². The molecular weight excluding hydrogens is 286 g/mol. The minimum atomic E-state index is -3.64. The quantitative estimate of drug-likeness (QED) is 0.691. The first-order chi connectivity index (χ1) is 10.0. The highest BCUT2D eigenvalue weighted by molar-refractivity contribution is 7.89. The summed E-state index contributed by atoms with van der Waals surface area (Å²) in [6, 6.07) is 14.6. The van der Waals surface area contributed by atoms with E-state index in [4.69, 9.17) is 5.14 Å². The lowest BCUT2D eigenvalue weighted by Gasteiger charge is -2.07. The summed E-state index contributed by atoms with van der Waals surface area (Å²) < 4.78 is 22.4. The second-order valence-corrected chi connectivity index (χ2v) is 6.38. The topological polar surface area (TPSA) is 88.0 Å². The summed E-state index contributed by atoms with van der Waals surface area (Å²) in [4.78, 5) is 3.26. The average molecular weight is 301 g/mol. The lowest BCUT2D eigenvalue weighted by molar-refractivity contribution is 0.598. The largest absolute Gasteiger partial charge is 0.381 e. The number of sulfonamides is 1. The van der Waals surface area contributed by atoms with Crippen LogP contribution in [-0.2, 0) is 16.6 Å². The number of rotatable bonds is 4. The van der Waals surface area contributed by atoms with Crippen molar-refractivity contribution in [2.45, 2.75) is 11.4 Å². The summed E-state index contributed by atoms with van der Waals surface area (Å²) >= 11 is 0. The van der Waals surface area contributed by atoms with Crippen LogP contribution in [0.25, 0.3) is 10.9 Å². The first-order valence-electron chi connectivity index (χ1n) is 6.45. The van der Waals surface area contributed by atoms with E-state index in [0.29, 0.717) is 6.54 Å². The van der Waals surface area contributed by atoms with Crippen LogP contribution in [0.5, 0.6) is 0 Å². The molecule has 0 bridgehead atoms. The van der Waals surface area contributed by atoms with E-state index in [2.05, 4.69) is 16.4 Å². The molecule has 5 nitrogen and oxygen atoms in total. The van der Waals surface area contributed by atoms with Crippen molar-refractivity contribution in [3.05, 3.63) is 60.3 Å². The van der Waals surface area contributed by atoms with Crippen LogP contribution in [0.1, 0.15) is 5.56 Å². The van der Waals surface area contributed by atoms with Crippen molar-refractivity contribution in [2.75, 3.05) is 5.32 Å². The fourth-order valence-corrected chi connectivity index (χ4v) is 2.69. The molecule has 0 aliphatic carbocycles. The molecule has 1 aromatic heterocycles. The number of aromatic nitrogens is 1. The molecule has 4 N–H and O–H groups in total. The molecule has 0 fully saturated rings. The number of hydrogen-bond acceptors (Lipinski definition) is 3. The zero-order valence-corrected chi connectivity index (χ0v) is 12.0. The number of aromatic amines is 1. The summed E-state index contributed by atoms with van der Waals surface area (Å²) in [7, 11) is -3.64. The van der Waals surface area contributed by atoms with Gasteiger partial charge in [0.25, 0.3) is 0 Å². The zero-order valence-electron chi connectivity index (χ0n) is 11.2. The smallest absolute Gasteiger partial charge is 0.238 e. The van der Waals surface area contributed by atoms with E-state index < -0.39 is 10.0 Å². The van der Waals surface area contributed by atoms with Crippen LogP contribution in [0, 0.1) is 0 Å². The number of nitrogens with one attached hydrogen (secondary N) is 2. The molecule has 108 valence electrons. The molecule has 1 heterocycles. The predicted molar refractivity (Wildman–Crippen MR) is 83.4 cm³/mol. The van der Waals surface area contributed by atoms with Crippen molar-refractivity contribution in [2.24, 2.45) is 5.14 Å². The fraction of sp³-hybridized carbons (Fsp3) is 0.0667. The molecule has 0 saturated heterocycles. The molecule has 0 atom stereocenters. The Morgan fingerprint density at radius 2 is 1.81 bits per heavy atom. The van der Waals surface area contributed by atoms with Gasteiger partial charge in [0.2, 0.25) is 10.0 Å². The molecule has 0 amide bonds. The summed E-state index contributed by atoms with van der Waals surface area (Å²) in [6.45, 7) is 0.663. The number of anilines is 1. The van der Waals surface area contributed by atoms with Crippen LogP contribution in [0.15, 0.2) is 59.6 Å². The van der Waals surface area contributed by atoms with Crippen LogP contribution < -0.4 is 10.5 Å². The van der Waals surface area contributed by atoms with E-state index in [1.54, 1.807) is 12.1 Å². The number of hydrogen-bond donors (Lipinski definition) is 3. The van der Waals surface area contributed by atoms with Crippen LogP contribution >= 0.6 is 0 Å². The second kappa shape index (κ2) is 5.23. The third-order valence-corrected chi connectivity index (χ3v) is 4.23. The highest BCUT2D eigenvalue weighted by Crippen LogP contribution is 2.17. The Hall–Kier alpha value is -2.31. The first-order valence-corrected chi connectivity index (χ1v) is 8.00. The van der Waals surface area contributed by atoms with E-state index >= 15 is 0 Å². The summed E-state index contributed by atoms with van der Waals surface area (Å²) in [5.41, 5.74) is 3.10. The van der Waals surface area contributed by atoms with Gasteiger partial charge >= 0.3 is 0 Å². The SMILES string of the molecule is NS(=O)(=O)c1ccc(NCc2ccc3[nH]ccc3c2)cc1. The number of benzene rings is 2. The molecule has 3 rings (SSSR count). The maximum Gasteiger partial charge on any atom is 0.238 e. The van der Waals surface area contributed by atoms with Crippen molar-refractivity contribution in [3.8, 4) is 0 Å². The third kappa shape index (κ3) is 3.07. The lowest BCUT2D eigenvalue weighted by atomic mass is 10.1. The maximum atomic E-state index is 11.2. The van der Waals surface area contributed by atoms with E-state index in [-0.39, 0.29) is 4.90 Å². The monoisotopic (exact) mass is 301 g/mol. The van der Waals surface area contributed by atoms with Crippen molar-refractivity contribution >= 4 is 26.6 Å². The van der Waals surface area contributed by atoms with Crippen molar-refractivity contribution in [1.29, 1.82) is 0 Å². The van der Waals surface area contributed by atoms with E-state index in [9.17, 15) is 8.42 Å². The third-order valence-electron chi connectivity index (χ3n) is 3.30. The molecule has 0 aliphatic rings. The minimum Gasteiger partial charge on any atom is -0.381 e. The molecule has 0 saturated carbocycles. The van der Waals surface area contributed by atoms with Gasteiger partial charge < -0.3 is 10.3 Å². The molecule has 3 aromatic rings. The molecule has 0 unspecified atom stereocenters. The Kier molecular flexibility index (Phi) is 3.40. The van der Waals surface area contributed by atoms with Gasteiger partial charge in [-0.2, -0.15) is 0 Å². The molecule has 0 radical (unpaired) electrons. The number of nitrogens with two attached hydrogens (primary N) is 1. The molecule has 2 aromatic carbocycles. The highest BCUT2D eigenvalue weighted by Gasteiger charge is 2.06. The average Bonchev–Trinajstić information content (AvgIpc) is 2.92. The lowest BCUT2D eigenvalue weighted by Crippen LogP contribution is -2.12. The maximum absolute atomic E-state index is 11.2. The Morgan fingerprint density at radius 1 is 1.05 bits per heavy atom. The molecule has 0 spiro atoms. The van der Waals surface area contributed by atoms with Crippen molar-refractivity contribution in [3.63, 3.8) is 0 Å². The van der Waals surface area contributed by atoms with Crippen molar-refractivity contribution in [1.82, 2.24) is 4.98 Å². The van der Waals surface area contributed by atoms with Gasteiger partial charge in [0.1, 0.15) is 0 Å². The number of fused-ring (bicyclic) bond motifs is 1. The van der Waals surface area contributed by atoms with E-state index in [1.807, 2.05) is 24.4 Å². The van der Waals surface area contributed by atoms with Gasteiger partial charge in [-0.05, 0) is 53.4 Å². The highest BCUT2D eigenvalue weighted by atomic mass is 32.2. The Morgan fingerprint density at radius 3 is 2.52 bits per heavy atom. The minimum absolute atomic E-state index is 0.113. The Labute approximate surface area is 122 Å². The fourth-order valence-electron chi connectivity index (χ4n) is 2.18. The van der Waals surface area contributed by atoms with E-state index in [0.717, 1.165) is 16.8 Å². The van der Waals surface area contributed by atoms with Gasteiger partial charge in [-0.3, -0.25) is 0 Å². The van der Waals surface area contributed by atoms with E-state index in [1.165, 1.54) is 17.5 Å². The molecule has 6 heteroatoms. The van der Waals surface area contributed by atoms with Crippen LogP contribution in [0.3, 0.4) is 0 Å². The zero-order chi connectivity index (χ0) is 14.9. The normalized spacial score (nSPS) is 11.7. The van der Waals surface area contributed by atoms with Gasteiger partial charge in [0.15, 0.2) is 0 Å². The van der Waals surface area contributed by atoms with Crippen LogP contribution in [-0.4, -0.2) is 13.4 Å². The van der Waals surface area contributed by atoms with Gasteiger partial charge in [0.05, 0.1) is 4.90 Å². The number of H-pyrrole nitrogens is 1. The summed E-state index contributed by atoms with van der Waals surface area (Å²) in [6.07, 6.45) is 1.91. The van der Waals surface area contributed by atoms with Gasteiger partial charge in [0, 0.05) is 23.9 Å². The molecule has 0 aliphatic heterocycles. The first kappa shape index (κ1) is 13.7. The van der Waals surface area contributed by atoms with Crippen molar-refractivity contribution < 1.29 is 8.42 Å². The molecule has 21 heavy (non-hydrogen) atoms. The van der Waals surface area contributed by atoms with Crippen LogP contribution in [0.4, 0.5) is 5.69 Å². The standard InChI is InChI=1S/C15H15N3O2S/c16-21(19,20)14-4-2-13(3-5-14)18-10-11-1-6-15-12(9-11)7-8-17-15/h1-9,17-18H,10H2,(H2,16,19,20). The van der Waals surface area contributed by atoms with Crippen LogP contribution in [0.2, 0.25) is 0 Å². The predicted octanol–water partition coefficient (Wildman–Crippen LogP) is 2.43. The Balaban J connectivity index is 1.72. The molecular formula is C15H15N3O2S. The second-order valence-electron chi connectivity index (χ2n) is 4.82. The number of primary sulfonamides is 1. The summed E-state index contributed by atoms with van der Waals surface area (Å²) in [5.74, 6) is 0. The Bertz CT molecular complexity index is 867.